The molecule has 2 rings (SSSR count). The van der Waals surface area contributed by atoms with Gasteiger partial charge in [0.1, 0.15) is 11.5 Å². The Morgan fingerprint density at radius 3 is 1.70 bits per heavy atom. The number of carboxylic acids is 2. The van der Waals surface area contributed by atoms with Crippen LogP contribution >= 0.6 is 63.7 Å². The van der Waals surface area contributed by atoms with Gasteiger partial charge >= 0.3 is 11.9 Å². The summed E-state index contributed by atoms with van der Waals surface area (Å²) in [6.45, 7) is 0. The van der Waals surface area contributed by atoms with E-state index < -0.39 is 23.8 Å². The molecule has 0 spiro atoms. The fourth-order valence-corrected chi connectivity index (χ4v) is 4.64. The molecule has 0 amide bonds. The van der Waals surface area contributed by atoms with Crippen molar-refractivity contribution < 1.29 is 30.0 Å². The second-order valence-corrected chi connectivity index (χ2v) is 10.2. The third-order valence-electron chi connectivity index (χ3n) is 4.71. The Hall–Kier alpha value is -1.10. The van der Waals surface area contributed by atoms with Crippen LogP contribution in [0.25, 0.3) is 0 Å². The van der Waals surface area contributed by atoms with Crippen LogP contribution in [0.5, 0.6) is 11.5 Å². The molecule has 0 saturated carbocycles. The third-order valence-corrected chi connectivity index (χ3v) is 8.70. The van der Waals surface area contributed by atoms with Gasteiger partial charge in [-0.3, -0.25) is 9.59 Å². The van der Waals surface area contributed by atoms with Gasteiger partial charge in [0.15, 0.2) is 0 Å². The Bertz CT molecular complexity index is 963. The number of aromatic hydroxyl groups is 2. The van der Waals surface area contributed by atoms with E-state index in [0.29, 0.717) is 29.0 Å². The van der Waals surface area contributed by atoms with Crippen LogP contribution in [0.3, 0.4) is 0 Å². The number of halogens is 4. The summed E-state index contributed by atoms with van der Waals surface area (Å²) in [5.41, 5.74) is 0.968. The van der Waals surface area contributed by atoms with Crippen LogP contribution in [0.1, 0.15) is 24.0 Å². The van der Waals surface area contributed by atoms with Gasteiger partial charge in [0.25, 0.3) is 0 Å². The lowest BCUT2D eigenvalue weighted by Gasteiger charge is -2.21. The van der Waals surface area contributed by atoms with Gasteiger partial charge in [-0.05, 0) is 112 Å². The average Bonchev–Trinajstić information content (AvgIpc) is 2.67. The molecular formula is C20H18Br4O6. The van der Waals surface area contributed by atoms with E-state index in [0.717, 1.165) is 0 Å². The number of phenolic OH excluding ortho intramolecular Hbond substituents is 2. The fourth-order valence-electron chi connectivity index (χ4n) is 3.23. The molecule has 0 bridgehead atoms. The molecule has 4 N–H and O–H groups in total. The molecule has 2 unspecified atom stereocenters. The average molecular weight is 674 g/mol. The highest BCUT2D eigenvalue weighted by molar-refractivity contribution is 9.13. The van der Waals surface area contributed by atoms with Crippen LogP contribution in [-0.2, 0) is 22.4 Å². The maximum atomic E-state index is 11.9. The van der Waals surface area contributed by atoms with E-state index in [1.807, 2.05) is 0 Å². The minimum absolute atomic E-state index is 0.0128. The maximum Gasteiger partial charge on any atom is 0.306 e. The van der Waals surface area contributed by atoms with Crippen molar-refractivity contribution in [3.63, 3.8) is 0 Å². The lowest BCUT2D eigenvalue weighted by Crippen LogP contribution is -2.23. The molecule has 2 aromatic carbocycles. The van der Waals surface area contributed by atoms with Gasteiger partial charge in [0.05, 0.1) is 14.9 Å². The topological polar surface area (TPSA) is 115 Å². The van der Waals surface area contributed by atoms with Gasteiger partial charge in [-0.25, -0.2) is 0 Å². The minimum Gasteiger partial charge on any atom is -0.506 e. The van der Waals surface area contributed by atoms with E-state index in [9.17, 15) is 30.0 Å². The van der Waals surface area contributed by atoms with Crippen LogP contribution in [-0.4, -0.2) is 32.4 Å². The van der Waals surface area contributed by atoms with Crippen molar-refractivity contribution in [1.82, 2.24) is 0 Å². The van der Waals surface area contributed by atoms with Crippen molar-refractivity contribution in [3.8, 4) is 11.5 Å². The van der Waals surface area contributed by atoms with E-state index >= 15 is 0 Å². The first-order chi connectivity index (χ1) is 14.0. The Morgan fingerprint density at radius 1 is 0.800 bits per heavy atom. The van der Waals surface area contributed by atoms with Crippen molar-refractivity contribution in [2.24, 2.45) is 11.8 Å². The second-order valence-electron chi connectivity index (χ2n) is 6.88. The largest absolute Gasteiger partial charge is 0.506 e. The number of carbonyl (C=O) groups is 2. The van der Waals surface area contributed by atoms with Crippen LogP contribution < -0.4 is 0 Å². The van der Waals surface area contributed by atoms with Crippen molar-refractivity contribution in [2.45, 2.75) is 25.7 Å². The molecule has 10 heteroatoms. The highest BCUT2D eigenvalue weighted by Crippen LogP contribution is 2.38. The molecule has 30 heavy (non-hydrogen) atoms. The quantitative estimate of drug-likeness (QED) is 0.255. The molecule has 0 radical (unpaired) electrons. The Kier molecular flexibility index (Phi) is 9.20. The zero-order valence-corrected chi connectivity index (χ0v) is 21.8. The van der Waals surface area contributed by atoms with Gasteiger partial charge in [-0.15, -0.1) is 0 Å². The summed E-state index contributed by atoms with van der Waals surface area (Å²) in [7, 11) is 0. The fraction of sp³-hybridized carbons (Fsp3) is 0.300. The maximum absolute atomic E-state index is 11.9. The summed E-state index contributed by atoms with van der Waals surface area (Å²) >= 11 is 13.1. The molecule has 0 aromatic heterocycles. The summed E-state index contributed by atoms with van der Waals surface area (Å²) in [5, 5.41) is 39.7. The van der Waals surface area contributed by atoms with Gasteiger partial charge in [-0.1, -0.05) is 12.1 Å². The summed E-state index contributed by atoms with van der Waals surface area (Å²) in [5.74, 6) is -3.63. The predicted molar refractivity (Wildman–Crippen MR) is 126 cm³/mol. The summed E-state index contributed by atoms with van der Waals surface area (Å²) in [6.07, 6.45) is 0.0672. The number of carboxylic acid groups (broad SMARTS) is 2. The number of aliphatic carboxylic acids is 2. The number of benzene rings is 2. The van der Waals surface area contributed by atoms with Crippen LogP contribution in [0.2, 0.25) is 0 Å². The normalized spacial score (nSPS) is 13.1. The summed E-state index contributed by atoms with van der Waals surface area (Å²) in [6, 6.07) is 6.73. The summed E-state index contributed by atoms with van der Waals surface area (Å²) in [4.78, 5) is 23.3. The Morgan fingerprint density at radius 2 is 1.27 bits per heavy atom. The van der Waals surface area contributed by atoms with E-state index in [1.54, 1.807) is 24.3 Å². The van der Waals surface area contributed by atoms with Gasteiger partial charge < -0.3 is 20.4 Å². The lowest BCUT2D eigenvalue weighted by molar-refractivity contribution is -0.144. The second kappa shape index (κ2) is 11.0. The first kappa shape index (κ1) is 25.2. The molecule has 0 fully saturated rings. The molecule has 0 saturated heterocycles. The smallest absolute Gasteiger partial charge is 0.306 e. The molecule has 0 aliphatic carbocycles. The van der Waals surface area contributed by atoms with Crippen molar-refractivity contribution in [2.75, 3.05) is 0 Å². The minimum atomic E-state index is -1.08. The van der Waals surface area contributed by atoms with E-state index in [2.05, 4.69) is 63.7 Å². The molecule has 0 aliphatic heterocycles. The first-order valence-corrected chi connectivity index (χ1v) is 11.9. The van der Waals surface area contributed by atoms with Crippen LogP contribution in [0, 0.1) is 11.8 Å². The highest BCUT2D eigenvalue weighted by Gasteiger charge is 2.27. The third kappa shape index (κ3) is 6.45. The molecule has 2 aromatic rings. The molecular weight excluding hydrogens is 656 g/mol. The van der Waals surface area contributed by atoms with Crippen molar-refractivity contribution >= 4 is 75.7 Å². The van der Waals surface area contributed by atoms with Gasteiger partial charge in [0, 0.05) is 15.4 Å². The molecule has 6 nitrogen and oxygen atoms in total. The highest BCUT2D eigenvalue weighted by atomic mass is 79.9. The predicted octanol–water partition coefficient (Wildman–Crippen LogP) is 6.11. The van der Waals surface area contributed by atoms with Crippen molar-refractivity contribution in [1.29, 1.82) is 0 Å². The van der Waals surface area contributed by atoms with E-state index in [4.69, 9.17) is 0 Å². The van der Waals surface area contributed by atoms with Crippen LogP contribution in [0.15, 0.2) is 42.2 Å². The van der Waals surface area contributed by atoms with Gasteiger partial charge in [-0.2, -0.15) is 0 Å². The van der Waals surface area contributed by atoms with Crippen LogP contribution in [0.4, 0.5) is 0 Å². The van der Waals surface area contributed by atoms with Crippen molar-refractivity contribution in [3.05, 3.63) is 53.3 Å². The lowest BCUT2D eigenvalue weighted by atomic mass is 9.84. The Balaban J connectivity index is 2.28. The number of hydrogen-bond acceptors (Lipinski definition) is 4. The molecule has 162 valence electrons. The molecule has 0 aliphatic rings. The monoisotopic (exact) mass is 670 g/mol. The standard InChI is InChI=1S/C20H18Br4O6/c21-13-3-1-10(18(27)16(13)23)5-9(7-15(25)26)6-12(20(29)30)8-11-2-4-14(22)17(24)19(11)28/h1-4,9,12,27-28H,5-8H2,(H,25,26)(H,29,30). The number of rotatable bonds is 9. The SMILES string of the molecule is O=C(O)CC(Cc1ccc(Br)c(Br)c1O)CC(Cc1ccc(Br)c(Br)c1O)C(=O)O. The Labute approximate surface area is 206 Å². The van der Waals surface area contributed by atoms with E-state index in [1.165, 1.54) is 0 Å². The molecule has 0 heterocycles. The number of phenols is 2. The number of hydrogen-bond donors (Lipinski definition) is 4. The molecule has 2 atom stereocenters. The van der Waals surface area contributed by atoms with Gasteiger partial charge in [0.2, 0.25) is 0 Å². The zero-order valence-electron chi connectivity index (χ0n) is 15.4. The summed E-state index contributed by atoms with van der Waals surface area (Å²) < 4.78 is 2.17. The zero-order chi connectivity index (χ0) is 22.6. The van der Waals surface area contributed by atoms with E-state index in [-0.39, 0.29) is 37.2 Å². The first-order valence-electron chi connectivity index (χ1n) is 8.77.